The summed E-state index contributed by atoms with van der Waals surface area (Å²) < 4.78 is 20.9. The smallest absolute Gasteiger partial charge is 0.330 e. The predicted molar refractivity (Wildman–Crippen MR) is 147 cm³/mol. The number of hydrogen-bond acceptors (Lipinski definition) is 6. The first-order valence-electron chi connectivity index (χ1n) is 12.4. The summed E-state index contributed by atoms with van der Waals surface area (Å²) >= 11 is 0. The number of aromatic amines is 1. The van der Waals surface area contributed by atoms with E-state index in [2.05, 4.69) is 51.9 Å². The average molecular weight is 533 g/mol. The molecular weight excluding hydrogens is 492 g/mol. The van der Waals surface area contributed by atoms with E-state index in [0.717, 1.165) is 5.56 Å². The van der Waals surface area contributed by atoms with E-state index in [-0.39, 0.29) is 23.0 Å². The molecule has 0 aliphatic carbocycles. The Bertz CT molecular complexity index is 1210. The van der Waals surface area contributed by atoms with E-state index in [1.165, 1.54) is 4.57 Å². The Balaban J connectivity index is 1.85. The zero-order valence-electron chi connectivity index (χ0n) is 22.6. The molecule has 2 aromatic rings. The zero-order chi connectivity index (χ0) is 26.9. The summed E-state index contributed by atoms with van der Waals surface area (Å²) in [7, 11) is -4.39. The largest absolute Gasteiger partial charge is 0.507 e. The van der Waals surface area contributed by atoms with Crippen LogP contribution < -0.4 is 11.2 Å². The van der Waals surface area contributed by atoms with E-state index in [9.17, 15) is 14.7 Å². The van der Waals surface area contributed by atoms with Crippen molar-refractivity contribution in [3.05, 3.63) is 68.1 Å². The summed E-state index contributed by atoms with van der Waals surface area (Å²) in [6.45, 7) is 17.1. The van der Waals surface area contributed by atoms with Crippen molar-refractivity contribution in [2.45, 2.75) is 83.8 Å². The second-order valence-electron chi connectivity index (χ2n) is 11.6. The summed E-state index contributed by atoms with van der Waals surface area (Å²) in [6.07, 6.45) is 2.66. The third-order valence-corrected chi connectivity index (χ3v) is 13.5. The lowest BCUT2D eigenvalue weighted by molar-refractivity contribution is -0.0404. The molecule has 0 saturated carbocycles. The Labute approximate surface area is 215 Å². The molecule has 1 aliphatic heterocycles. The quantitative estimate of drug-likeness (QED) is 0.478. The first kappa shape index (κ1) is 28.3. The molecule has 0 amide bonds. The Morgan fingerprint density at radius 1 is 1.19 bits per heavy atom. The number of benzene rings is 1. The molecule has 1 fully saturated rings. The molecule has 2 N–H and O–H groups in total. The maximum absolute atomic E-state index is 12.6. The molecule has 0 spiro atoms. The van der Waals surface area contributed by atoms with Crippen molar-refractivity contribution in [1.29, 1.82) is 0 Å². The number of phenolic OH excluding ortho intramolecular Hbond substituents is 1. The third-order valence-electron chi connectivity index (χ3n) is 7.11. The summed E-state index contributed by atoms with van der Waals surface area (Å²) in [5.74, 6) is 0.219. The number of ether oxygens (including phenoxy) is 1. The molecule has 1 saturated heterocycles. The molecule has 36 heavy (non-hydrogen) atoms. The van der Waals surface area contributed by atoms with Crippen molar-refractivity contribution in [3.63, 3.8) is 0 Å². The Morgan fingerprint density at radius 2 is 1.86 bits per heavy atom. The average Bonchev–Trinajstić information content (AvgIpc) is 3.15. The molecule has 0 bridgehead atoms. The normalized spacial score (nSPS) is 21.4. The fraction of sp³-hybridized carbons (Fsp3) is 0.538. The number of rotatable bonds is 8. The summed E-state index contributed by atoms with van der Waals surface area (Å²) in [5, 5.41) is 10.2. The van der Waals surface area contributed by atoms with Crippen molar-refractivity contribution in [3.8, 4) is 5.75 Å². The molecule has 1 aliphatic rings. The molecule has 8 nitrogen and oxygen atoms in total. The Hall–Kier alpha value is -2.25. The number of phenols is 1. The van der Waals surface area contributed by atoms with Crippen LogP contribution in [0.5, 0.6) is 5.75 Å². The Kier molecular flexibility index (Phi) is 8.36. The van der Waals surface area contributed by atoms with Crippen LogP contribution in [0.25, 0.3) is 6.08 Å². The maximum Gasteiger partial charge on any atom is 0.330 e. The number of nitrogens with zero attached hydrogens (tertiary/aromatic N) is 1. The van der Waals surface area contributed by atoms with E-state index in [4.69, 9.17) is 13.6 Å². The summed E-state index contributed by atoms with van der Waals surface area (Å²) in [5.41, 5.74) is 2.31. The van der Waals surface area contributed by atoms with Gasteiger partial charge in [0.2, 0.25) is 8.32 Å². The van der Waals surface area contributed by atoms with Gasteiger partial charge in [0.1, 0.15) is 18.1 Å². The van der Waals surface area contributed by atoms with Gasteiger partial charge in [-0.1, -0.05) is 50.7 Å². The van der Waals surface area contributed by atoms with E-state index in [0.29, 0.717) is 18.6 Å². The number of aromatic hydroxyl groups is 1. The van der Waals surface area contributed by atoms with Gasteiger partial charge < -0.3 is 18.7 Å². The lowest BCUT2D eigenvalue weighted by Gasteiger charge is -2.37. The molecule has 3 rings (SSSR count). The highest BCUT2D eigenvalue weighted by Crippen LogP contribution is 2.38. The highest BCUT2D eigenvalue weighted by Gasteiger charge is 2.43. The van der Waals surface area contributed by atoms with Gasteiger partial charge in [0.25, 0.3) is 5.56 Å². The minimum Gasteiger partial charge on any atom is -0.507 e. The zero-order valence-corrected chi connectivity index (χ0v) is 24.6. The molecule has 2 heterocycles. The standard InChI is InChI=1S/C26H40N2O6Si2/c1-18-16-28(25(31)27-24(18)30)23-15-21(22(33-23)17-32-36(7,8)26(2,3)4)34-35(5,6)14-13-19-11-9-10-12-20(19)29/h9-14,16,21-23,29H,15,17H2,1-8H3,(H,27,30,31)/b14-13+/t21-,22+,23+/m0/s1. The van der Waals surface area contributed by atoms with E-state index >= 15 is 0 Å². The number of para-hydroxylation sites is 1. The van der Waals surface area contributed by atoms with Gasteiger partial charge in [-0.2, -0.15) is 0 Å². The number of H-pyrrole nitrogens is 1. The van der Waals surface area contributed by atoms with Crippen LogP contribution in [0.4, 0.5) is 0 Å². The van der Waals surface area contributed by atoms with Crippen LogP contribution in [0.15, 0.2) is 45.8 Å². The van der Waals surface area contributed by atoms with Crippen LogP contribution in [-0.4, -0.2) is 50.1 Å². The van der Waals surface area contributed by atoms with Gasteiger partial charge in [0, 0.05) is 23.7 Å². The number of nitrogens with one attached hydrogen (secondary N) is 1. The van der Waals surface area contributed by atoms with Gasteiger partial charge in [-0.05, 0) is 44.2 Å². The molecule has 198 valence electrons. The van der Waals surface area contributed by atoms with Crippen LogP contribution in [0.1, 0.15) is 44.5 Å². The molecule has 3 atom stereocenters. The highest BCUT2D eigenvalue weighted by molar-refractivity contribution is 6.77. The third kappa shape index (κ3) is 6.74. The maximum atomic E-state index is 12.6. The fourth-order valence-corrected chi connectivity index (χ4v) is 6.50. The topological polar surface area (TPSA) is 103 Å². The van der Waals surface area contributed by atoms with Crippen molar-refractivity contribution in [1.82, 2.24) is 9.55 Å². The predicted octanol–water partition coefficient (Wildman–Crippen LogP) is 4.70. The van der Waals surface area contributed by atoms with Crippen LogP contribution in [0.3, 0.4) is 0 Å². The van der Waals surface area contributed by atoms with E-state index < -0.39 is 34.1 Å². The minimum absolute atomic E-state index is 0.0444. The van der Waals surface area contributed by atoms with Gasteiger partial charge in [-0.3, -0.25) is 14.3 Å². The Morgan fingerprint density at radius 3 is 2.50 bits per heavy atom. The first-order chi connectivity index (χ1) is 16.6. The van der Waals surface area contributed by atoms with Crippen LogP contribution in [0.2, 0.25) is 31.2 Å². The second-order valence-corrected chi connectivity index (χ2v) is 20.2. The van der Waals surface area contributed by atoms with Gasteiger partial charge in [0.15, 0.2) is 8.32 Å². The SMILES string of the molecule is Cc1cn([C@H]2C[C@H](O[Si](C)(C)/C=C/c3ccccc3O)[C@@H](CO[Si](C)(C)C(C)(C)C)O2)c(=O)[nH]c1=O. The van der Waals surface area contributed by atoms with E-state index in [1.807, 2.05) is 23.9 Å². The number of aryl methyl sites for hydroxylation is 1. The minimum atomic E-state index is -2.35. The van der Waals surface area contributed by atoms with Gasteiger partial charge in [0.05, 0.1) is 12.7 Å². The highest BCUT2D eigenvalue weighted by atomic mass is 28.4. The molecular formula is C26H40N2O6Si2. The molecule has 10 heteroatoms. The van der Waals surface area contributed by atoms with Crippen LogP contribution in [0, 0.1) is 6.92 Å². The molecule has 0 radical (unpaired) electrons. The van der Waals surface area contributed by atoms with Crippen LogP contribution in [-0.2, 0) is 13.6 Å². The number of hydrogen-bond donors (Lipinski definition) is 2. The van der Waals surface area contributed by atoms with Gasteiger partial charge in [-0.25, -0.2) is 4.79 Å². The van der Waals surface area contributed by atoms with Crippen molar-refractivity contribution >= 4 is 22.7 Å². The van der Waals surface area contributed by atoms with Crippen molar-refractivity contribution < 1.29 is 18.7 Å². The first-order valence-corrected chi connectivity index (χ1v) is 18.3. The molecule has 1 aromatic heterocycles. The van der Waals surface area contributed by atoms with Crippen molar-refractivity contribution in [2.75, 3.05) is 6.61 Å². The second kappa shape index (κ2) is 10.6. The fourth-order valence-electron chi connectivity index (χ4n) is 3.80. The van der Waals surface area contributed by atoms with E-state index in [1.54, 1.807) is 25.3 Å². The summed E-state index contributed by atoms with van der Waals surface area (Å²) in [4.78, 5) is 26.8. The van der Waals surface area contributed by atoms with Gasteiger partial charge in [-0.15, -0.1) is 0 Å². The van der Waals surface area contributed by atoms with Crippen molar-refractivity contribution in [2.24, 2.45) is 0 Å². The molecule has 0 unspecified atom stereocenters. The van der Waals surface area contributed by atoms with Crippen LogP contribution >= 0.6 is 0 Å². The summed E-state index contributed by atoms with van der Waals surface area (Å²) in [6, 6.07) is 7.17. The number of aromatic nitrogens is 2. The molecule has 1 aromatic carbocycles. The monoisotopic (exact) mass is 532 g/mol. The van der Waals surface area contributed by atoms with Gasteiger partial charge >= 0.3 is 5.69 Å². The lowest BCUT2D eigenvalue weighted by atomic mass is 10.2. The lowest BCUT2D eigenvalue weighted by Crippen LogP contribution is -2.45.